The minimum absolute atomic E-state index is 0.124. The third-order valence-corrected chi connectivity index (χ3v) is 2.44. The maximum absolute atomic E-state index is 11.8. The van der Waals surface area contributed by atoms with Gasteiger partial charge in [-0.2, -0.15) is 0 Å². The molecule has 0 radical (unpaired) electrons. The van der Waals surface area contributed by atoms with E-state index in [9.17, 15) is 9.59 Å². The van der Waals surface area contributed by atoms with Gasteiger partial charge < -0.3 is 20.4 Å². The van der Waals surface area contributed by atoms with E-state index < -0.39 is 18.0 Å². The molecule has 6 heteroatoms. The highest BCUT2D eigenvalue weighted by atomic mass is 16.4. The predicted molar refractivity (Wildman–Crippen MR) is 63.8 cm³/mol. The van der Waals surface area contributed by atoms with Crippen molar-refractivity contribution >= 4 is 12.0 Å². The van der Waals surface area contributed by atoms with Crippen molar-refractivity contribution in [3.63, 3.8) is 0 Å². The Morgan fingerprint density at radius 1 is 1.29 bits per heavy atom. The Balaban J connectivity index is 4.33. The molecule has 3 N–H and O–H groups in total. The van der Waals surface area contributed by atoms with Crippen molar-refractivity contribution in [1.29, 1.82) is 0 Å². The van der Waals surface area contributed by atoms with Gasteiger partial charge in [0.2, 0.25) is 0 Å². The number of urea groups is 1. The molecule has 0 aromatic rings. The average Bonchev–Trinajstić information content (AvgIpc) is 2.30. The van der Waals surface area contributed by atoms with Crippen molar-refractivity contribution in [2.75, 3.05) is 19.7 Å². The predicted octanol–water partition coefficient (Wildman–Crippen LogP) is 0.654. The van der Waals surface area contributed by atoms with E-state index in [0.717, 1.165) is 12.8 Å². The van der Waals surface area contributed by atoms with Gasteiger partial charge in [-0.05, 0) is 12.8 Å². The van der Waals surface area contributed by atoms with Crippen LogP contribution >= 0.6 is 0 Å². The first kappa shape index (κ1) is 15.7. The minimum atomic E-state index is -1.04. The second-order valence-corrected chi connectivity index (χ2v) is 3.81. The highest BCUT2D eigenvalue weighted by molar-refractivity contribution is 5.82. The van der Waals surface area contributed by atoms with Gasteiger partial charge in [-0.15, -0.1) is 0 Å². The molecule has 0 aromatic carbocycles. The van der Waals surface area contributed by atoms with Crippen LogP contribution in [0.5, 0.6) is 0 Å². The number of aliphatic hydroxyl groups excluding tert-OH is 1. The number of hydrogen-bond acceptors (Lipinski definition) is 3. The highest BCUT2D eigenvalue weighted by Gasteiger charge is 2.20. The molecule has 0 aliphatic carbocycles. The Morgan fingerprint density at radius 3 is 2.35 bits per heavy atom. The van der Waals surface area contributed by atoms with Gasteiger partial charge in [0.05, 0.1) is 6.61 Å². The van der Waals surface area contributed by atoms with Crippen LogP contribution in [-0.4, -0.2) is 52.9 Å². The number of nitrogens with zero attached hydrogens (tertiary/aromatic N) is 1. The number of carbonyl (C=O) groups is 2. The van der Waals surface area contributed by atoms with Gasteiger partial charge in [0.15, 0.2) is 0 Å². The first-order valence-corrected chi connectivity index (χ1v) is 5.95. The van der Waals surface area contributed by atoms with Crippen molar-refractivity contribution in [1.82, 2.24) is 10.2 Å². The smallest absolute Gasteiger partial charge is 0.326 e. The van der Waals surface area contributed by atoms with Crippen molar-refractivity contribution in [3.8, 4) is 0 Å². The standard InChI is InChI=1S/C11H22N2O4/c1-3-5-6-13(7-8-14)11(17)12-9(4-2)10(15)16/h9,14H,3-8H2,1-2H3,(H,12,17)(H,15,16). The van der Waals surface area contributed by atoms with E-state index in [1.807, 2.05) is 6.92 Å². The number of rotatable bonds is 8. The lowest BCUT2D eigenvalue weighted by Gasteiger charge is -2.24. The van der Waals surface area contributed by atoms with Crippen molar-refractivity contribution in [2.45, 2.75) is 39.2 Å². The van der Waals surface area contributed by atoms with Gasteiger partial charge in [0.1, 0.15) is 6.04 Å². The number of carboxylic acid groups (broad SMARTS) is 1. The summed E-state index contributed by atoms with van der Waals surface area (Å²) < 4.78 is 0. The molecule has 100 valence electrons. The lowest BCUT2D eigenvalue weighted by atomic mass is 10.2. The van der Waals surface area contributed by atoms with Crippen LogP contribution in [0.2, 0.25) is 0 Å². The fourth-order valence-electron chi connectivity index (χ4n) is 1.36. The topological polar surface area (TPSA) is 89.9 Å². The van der Waals surface area contributed by atoms with E-state index in [2.05, 4.69) is 5.32 Å². The van der Waals surface area contributed by atoms with Gasteiger partial charge in [-0.3, -0.25) is 0 Å². The quantitative estimate of drug-likeness (QED) is 0.586. The summed E-state index contributed by atoms with van der Waals surface area (Å²) in [6.45, 7) is 4.32. The molecule has 0 spiro atoms. The number of hydrogen-bond donors (Lipinski definition) is 3. The van der Waals surface area contributed by atoms with E-state index in [1.165, 1.54) is 4.90 Å². The molecule has 6 nitrogen and oxygen atoms in total. The molecule has 0 aromatic heterocycles. The molecule has 0 fully saturated rings. The summed E-state index contributed by atoms with van der Waals surface area (Å²) in [4.78, 5) is 24.0. The van der Waals surface area contributed by atoms with Crippen LogP contribution in [0.4, 0.5) is 4.79 Å². The number of aliphatic hydroxyl groups is 1. The number of amides is 2. The Hall–Kier alpha value is -1.30. The zero-order chi connectivity index (χ0) is 13.3. The number of unbranched alkanes of at least 4 members (excludes halogenated alkanes) is 1. The summed E-state index contributed by atoms with van der Waals surface area (Å²) in [6.07, 6.45) is 2.10. The fourth-order valence-corrected chi connectivity index (χ4v) is 1.36. The maximum Gasteiger partial charge on any atom is 0.326 e. The normalized spacial score (nSPS) is 11.9. The van der Waals surface area contributed by atoms with E-state index in [1.54, 1.807) is 6.92 Å². The van der Waals surface area contributed by atoms with Crippen molar-refractivity contribution in [3.05, 3.63) is 0 Å². The number of nitrogens with one attached hydrogen (secondary N) is 1. The van der Waals surface area contributed by atoms with Crippen molar-refractivity contribution < 1.29 is 19.8 Å². The van der Waals surface area contributed by atoms with E-state index in [0.29, 0.717) is 13.0 Å². The Morgan fingerprint density at radius 2 is 1.94 bits per heavy atom. The number of carbonyl (C=O) groups excluding carboxylic acids is 1. The number of carboxylic acids is 1. The summed E-state index contributed by atoms with van der Waals surface area (Å²) in [5, 5.41) is 20.1. The van der Waals surface area contributed by atoms with Gasteiger partial charge in [0.25, 0.3) is 0 Å². The van der Waals surface area contributed by atoms with Crippen LogP contribution < -0.4 is 5.32 Å². The third-order valence-electron chi connectivity index (χ3n) is 2.44. The summed E-state index contributed by atoms with van der Waals surface area (Å²) in [6, 6.07) is -1.30. The summed E-state index contributed by atoms with van der Waals surface area (Å²) in [5.41, 5.74) is 0. The Kier molecular flexibility index (Phi) is 8.13. The highest BCUT2D eigenvalue weighted by Crippen LogP contribution is 1.98. The minimum Gasteiger partial charge on any atom is -0.480 e. The summed E-state index contributed by atoms with van der Waals surface area (Å²) in [5.74, 6) is -1.04. The molecule has 0 rings (SSSR count). The molecule has 2 amide bonds. The lowest BCUT2D eigenvalue weighted by molar-refractivity contribution is -0.139. The molecule has 0 aliphatic rings. The second-order valence-electron chi connectivity index (χ2n) is 3.81. The van der Waals surface area contributed by atoms with Crippen LogP contribution in [0.25, 0.3) is 0 Å². The molecule has 0 aliphatic heterocycles. The van der Waals surface area contributed by atoms with E-state index >= 15 is 0 Å². The molecule has 0 saturated heterocycles. The molecule has 17 heavy (non-hydrogen) atoms. The van der Waals surface area contributed by atoms with E-state index in [4.69, 9.17) is 10.2 Å². The van der Waals surface area contributed by atoms with Crippen LogP contribution in [0.1, 0.15) is 33.1 Å². The van der Waals surface area contributed by atoms with Crippen LogP contribution in [0, 0.1) is 0 Å². The molecule has 0 bridgehead atoms. The summed E-state index contributed by atoms with van der Waals surface area (Å²) in [7, 11) is 0. The van der Waals surface area contributed by atoms with Crippen LogP contribution in [0.15, 0.2) is 0 Å². The zero-order valence-corrected chi connectivity index (χ0v) is 10.5. The van der Waals surface area contributed by atoms with Gasteiger partial charge in [-0.1, -0.05) is 20.3 Å². The Bertz CT molecular complexity index is 246. The molecule has 1 atom stereocenters. The van der Waals surface area contributed by atoms with Gasteiger partial charge in [-0.25, -0.2) is 9.59 Å². The molecular formula is C11H22N2O4. The monoisotopic (exact) mass is 246 g/mol. The molecule has 0 saturated carbocycles. The zero-order valence-electron chi connectivity index (χ0n) is 10.5. The Labute approximate surface area is 102 Å². The maximum atomic E-state index is 11.8. The third kappa shape index (κ3) is 6.11. The fraction of sp³-hybridized carbons (Fsp3) is 0.818. The average molecular weight is 246 g/mol. The van der Waals surface area contributed by atoms with Crippen LogP contribution in [0.3, 0.4) is 0 Å². The first-order chi connectivity index (χ1) is 8.06. The molecule has 0 heterocycles. The van der Waals surface area contributed by atoms with Crippen LogP contribution in [-0.2, 0) is 4.79 Å². The van der Waals surface area contributed by atoms with Gasteiger partial charge in [0, 0.05) is 13.1 Å². The van der Waals surface area contributed by atoms with Gasteiger partial charge >= 0.3 is 12.0 Å². The largest absolute Gasteiger partial charge is 0.480 e. The van der Waals surface area contributed by atoms with Crippen molar-refractivity contribution in [2.24, 2.45) is 0 Å². The van der Waals surface area contributed by atoms with E-state index in [-0.39, 0.29) is 13.2 Å². The summed E-state index contributed by atoms with van der Waals surface area (Å²) >= 11 is 0. The first-order valence-electron chi connectivity index (χ1n) is 5.95. The molecule has 1 unspecified atom stereocenters. The lowest BCUT2D eigenvalue weighted by Crippen LogP contribution is -2.48. The SMILES string of the molecule is CCCCN(CCO)C(=O)NC(CC)C(=O)O. The number of aliphatic carboxylic acids is 1. The second kappa shape index (κ2) is 8.81. The molecular weight excluding hydrogens is 224 g/mol.